The molecule has 1 saturated heterocycles. The lowest BCUT2D eigenvalue weighted by Gasteiger charge is -2.16. The average Bonchev–Trinajstić information content (AvgIpc) is 3.03. The van der Waals surface area contributed by atoms with Gasteiger partial charge in [-0.25, -0.2) is 0 Å². The normalized spacial score (nSPS) is 17.1. The molecule has 0 spiro atoms. The van der Waals surface area contributed by atoms with E-state index >= 15 is 0 Å². The Morgan fingerprint density at radius 2 is 1.87 bits per heavy atom. The molecule has 1 fully saturated rings. The molecule has 0 saturated carbocycles. The Bertz CT molecular complexity index is 530. The Hall–Kier alpha value is -2.24. The summed E-state index contributed by atoms with van der Waals surface area (Å²) in [6, 6.07) is 7.42. The van der Waals surface area contributed by atoms with Crippen LogP contribution in [0.25, 0.3) is 0 Å². The lowest BCUT2D eigenvalue weighted by atomic mass is 10.1. The molecule has 0 aromatic heterocycles. The van der Waals surface area contributed by atoms with Crippen LogP contribution in [0.15, 0.2) is 24.3 Å². The first-order valence-electron chi connectivity index (χ1n) is 8.03. The van der Waals surface area contributed by atoms with E-state index in [1.165, 1.54) is 0 Å². The van der Waals surface area contributed by atoms with Crippen molar-refractivity contribution in [1.82, 2.24) is 4.90 Å². The van der Waals surface area contributed by atoms with Crippen LogP contribution in [0.4, 0.5) is 0 Å². The van der Waals surface area contributed by atoms with E-state index in [4.69, 9.17) is 15.2 Å². The number of hydrogen-bond donors (Lipinski definition) is 1. The number of primary amides is 1. The lowest BCUT2D eigenvalue weighted by Crippen LogP contribution is -2.31. The Morgan fingerprint density at radius 3 is 2.43 bits per heavy atom. The first-order chi connectivity index (χ1) is 11.1. The highest BCUT2D eigenvalue weighted by molar-refractivity contribution is 5.81. The first kappa shape index (κ1) is 17.1. The first-order valence-corrected chi connectivity index (χ1v) is 8.03. The Balaban J connectivity index is 1.65. The number of amides is 2. The molecule has 126 valence electrons. The number of nitrogens with zero attached hydrogens (tertiary/aromatic N) is 1. The third kappa shape index (κ3) is 5.16. The van der Waals surface area contributed by atoms with E-state index in [0.717, 1.165) is 11.5 Å². The summed E-state index contributed by atoms with van der Waals surface area (Å²) in [6.45, 7) is 4.12. The van der Waals surface area contributed by atoms with Gasteiger partial charge >= 0.3 is 0 Å². The number of ether oxygens (including phenoxy) is 2. The van der Waals surface area contributed by atoms with Crippen LogP contribution in [0.1, 0.15) is 26.2 Å². The van der Waals surface area contributed by atoms with Gasteiger partial charge in [0.1, 0.15) is 11.5 Å². The molecule has 1 atom stereocenters. The summed E-state index contributed by atoms with van der Waals surface area (Å²) in [4.78, 5) is 24.9. The highest BCUT2D eigenvalue weighted by Gasteiger charge is 2.29. The molecule has 0 bridgehead atoms. The van der Waals surface area contributed by atoms with Crippen molar-refractivity contribution >= 4 is 11.8 Å². The fourth-order valence-corrected chi connectivity index (χ4v) is 2.59. The molecule has 6 nitrogen and oxygen atoms in total. The fourth-order valence-electron chi connectivity index (χ4n) is 2.59. The van der Waals surface area contributed by atoms with E-state index in [9.17, 15) is 9.59 Å². The molecule has 6 heteroatoms. The number of hydrogen-bond acceptors (Lipinski definition) is 4. The number of likely N-dealkylation sites (tertiary alicyclic amines) is 1. The topological polar surface area (TPSA) is 81.9 Å². The second-order valence-electron chi connectivity index (χ2n) is 5.58. The molecular weight excluding hydrogens is 296 g/mol. The number of carbonyl (C=O) groups is 2. The second-order valence-corrected chi connectivity index (χ2v) is 5.58. The van der Waals surface area contributed by atoms with Gasteiger partial charge in [-0.05, 0) is 44.0 Å². The number of carbonyl (C=O) groups excluding carboxylic acids is 2. The predicted octanol–water partition coefficient (Wildman–Crippen LogP) is 1.58. The molecule has 0 radical (unpaired) electrons. The molecular formula is C17H24N2O4. The van der Waals surface area contributed by atoms with Gasteiger partial charge in [-0.15, -0.1) is 0 Å². The van der Waals surface area contributed by atoms with Crippen molar-refractivity contribution < 1.29 is 19.1 Å². The van der Waals surface area contributed by atoms with Crippen molar-refractivity contribution in [1.29, 1.82) is 0 Å². The lowest BCUT2D eigenvalue weighted by molar-refractivity contribution is -0.130. The minimum atomic E-state index is -0.320. The van der Waals surface area contributed by atoms with Crippen LogP contribution in [-0.2, 0) is 9.59 Å². The van der Waals surface area contributed by atoms with Crippen LogP contribution in [-0.4, -0.2) is 43.0 Å². The van der Waals surface area contributed by atoms with Crippen molar-refractivity contribution in [2.24, 2.45) is 11.7 Å². The molecule has 0 aliphatic carbocycles. The van der Waals surface area contributed by atoms with Crippen LogP contribution in [0.2, 0.25) is 0 Å². The molecule has 1 heterocycles. The maximum absolute atomic E-state index is 12.0. The number of benzene rings is 1. The number of nitrogens with two attached hydrogens (primary N) is 1. The smallest absolute Gasteiger partial charge is 0.222 e. The van der Waals surface area contributed by atoms with E-state index in [1.807, 2.05) is 31.2 Å². The van der Waals surface area contributed by atoms with Gasteiger partial charge in [0, 0.05) is 19.5 Å². The average molecular weight is 320 g/mol. The molecule has 1 aliphatic rings. The monoisotopic (exact) mass is 320 g/mol. The largest absolute Gasteiger partial charge is 0.494 e. The van der Waals surface area contributed by atoms with Crippen molar-refractivity contribution in [2.45, 2.75) is 26.2 Å². The van der Waals surface area contributed by atoms with E-state index in [1.54, 1.807) is 4.90 Å². The zero-order valence-corrected chi connectivity index (χ0v) is 13.5. The predicted molar refractivity (Wildman–Crippen MR) is 86.2 cm³/mol. The van der Waals surface area contributed by atoms with Crippen molar-refractivity contribution in [3.8, 4) is 11.5 Å². The fraction of sp³-hybridized carbons (Fsp3) is 0.529. The van der Waals surface area contributed by atoms with Gasteiger partial charge in [0.25, 0.3) is 0 Å². The number of rotatable bonds is 8. The van der Waals surface area contributed by atoms with E-state index in [2.05, 4.69) is 0 Å². The summed E-state index contributed by atoms with van der Waals surface area (Å²) in [5.74, 6) is 1.12. The van der Waals surface area contributed by atoms with Crippen LogP contribution < -0.4 is 15.2 Å². The zero-order chi connectivity index (χ0) is 16.7. The van der Waals surface area contributed by atoms with Crippen LogP contribution >= 0.6 is 0 Å². The van der Waals surface area contributed by atoms with Crippen molar-refractivity contribution in [2.75, 3.05) is 26.3 Å². The molecule has 23 heavy (non-hydrogen) atoms. The van der Waals surface area contributed by atoms with Gasteiger partial charge in [0.2, 0.25) is 11.8 Å². The highest BCUT2D eigenvalue weighted by Crippen LogP contribution is 2.19. The van der Waals surface area contributed by atoms with E-state index in [-0.39, 0.29) is 17.7 Å². The van der Waals surface area contributed by atoms with E-state index in [0.29, 0.717) is 45.6 Å². The molecule has 1 aromatic rings. The summed E-state index contributed by atoms with van der Waals surface area (Å²) in [5.41, 5.74) is 5.27. The molecule has 1 aromatic carbocycles. The Labute approximate surface area is 136 Å². The molecule has 0 unspecified atom stereocenters. The summed E-state index contributed by atoms with van der Waals surface area (Å²) in [5, 5.41) is 0. The van der Waals surface area contributed by atoms with Gasteiger partial charge in [0.15, 0.2) is 0 Å². The second kappa shape index (κ2) is 8.41. The third-order valence-corrected chi connectivity index (χ3v) is 3.88. The minimum Gasteiger partial charge on any atom is -0.494 e. The minimum absolute atomic E-state index is 0.0593. The Morgan fingerprint density at radius 1 is 1.22 bits per heavy atom. The molecule has 2 amide bonds. The summed E-state index contributed by atoms with van der Waals surface area (Å²) in [7, 11) is 0. The highest BCUT2D eigenvalue weighted by atomic mass is 16.5. The maximum atomic E-state index is 12.0. The van der Waals surface area contributed by atoms with Gasteiger partial charge in [0.05, 0.1) is 19.1 Å². The van der Waals surface area contributed by atoms with E-state index < -0.39 is 0 Å². The third-order valence-electron chi connectivity index (χ3n) is 3.88. The quantitative estimate of drug-likeness (QED) is 0.737. The summed E-state index contributed by atoms with van der Waals surface area (Å²) < 4.78 is 11.0. The standard InChI is InChI=1S/C17H24N2O4/c1-2-22-14-5-7-15(8-6-14)23-11-3-4-16(20)19-10-9-13(12-19)17(18)21/h5-8,13H,2-4,9-12H2,1H3,(H2,18,21)/t13-/m0/s1. The summed E-state index contributed by atoms with van der Waals surface area (Å²) >= 11 is 0. The summed E-state index contributed by atoms with van der Waals surface area (Å²) in [6.07, 6.45) is 1.73. The zero-order valence-electron chi connectivity index (χ0n) is 13.5. The van der Waals surface area contributed by atoms with Crippen LogP contribution in [0.5, 0.6) is 11.5 Å². The van der Waals surface area contributed by atoms with Gasteiger partial charge < -0.3 is 20.1 Å². The molecule has 2 rings (SSSR count). The van der Waals surface area contributed by atoms with Crippen LogP contribution in [0.3, 0.4) is 0 Å². The molecule has 1 aliphatic heterocycles. The van der Waals surface area contributed by atoms with Crippen LogP contribution in [0, 0.1) is 5.92 Å². The SMILES string of the molecule is CCOc1ccc(OCCCC(=O)N2CC[C@H](C(N)=O)C2)cc1. The van der Waals surface area contributed by atoms with Gasteiger partial charge in [-0.3, -0.25) is 9.59 Å². The maximum Gasteiger partial charge on any atom is 0.222 e. The van der Waals surface area contributed by atoms with Gasteiger partial charge in [-0.2, -0.15) is 0 Å². The van der Waals surface area contributed by atoms with Gasteiger partial charge in [-0.1, -0.05) is 0 Å². The van der Waals surface area contributed by atoms with Crippen molar-refractivity contribution in [3.05, 3.63) is 24.3 Å². The Kier molecular flexibility index (Phi) is 6.26. The van der Waals surface area contributed by atoms with Crippen molar-refractivity contribution in [3.63, 3.8) is 0 Å². The molecule has 2 N–H and O–H groups in total.